The topological polar surface area (TPSA) is 102 Å². The molecule has 1 saturated carbocycles. The van der Waals surface area contributed by atoms with Crippen LogP contribution in [0.25, 0.3) is 11.3 Å². The molecule has 2 aromatic rings. The Morgan fingerprint density at radius 3 is 2.21 bits per heavy atom. The smallest absolute Gasteiger partial charge is 0.343 e. The van der Waals surface area contributed by atoms with Crippen LogP contribution in [0.15, 0.2) is 34.1 Å². The number of benzene rings is 1. The monoisotopic (exact) mass is 575 g/mol. The lowest BCUT2D eigenvalue weighted by Crippen LogP contribution is -2.50. The third-order valence-corrected chi connectivity index (χ3v) is 11.2. The molecule has 1 aromatic carbocycles. The number of sulfonamides is 2. The van der Waals surface area contributed by atoms with Crippen LogP contribution in [-0.2, 0) is 32.8 Å². The summed E-state index contributed by atoms with van der Waals surface area (Å²) < 4.78 is 97.7. The van der Waals surface area contributed by atoms with Crippen LogP contribution < -0.4 is 5.14 Å². The highest BCUT2D eigenvalue weighted by Gasteiger charge is 2.44. The van der Waals surface area contributed by atoms with E-state index in [9.17, 15) is 30.0 Å². The predicted octanol–water partition coefficient (Wildman–Crippen LogP) is 5.66. The highest BCUT2D eigenvalue weighted by atomic mass is 32.2. The maximum absolute atomic E-state index is 14.4. The van der Waals surface area contributed by atoms with Gasteiger partial charge in [-0.05, 0) is 76.1 Å². The number of aromatic nitrogens is 1. The Kier molecular flexibility index (Phi) is 7.85. The second-order valence-corrected chi connectivity index (χ2v) is 14.6. The van der Waals surface area contributed by atoms with Crippen LogP contribution in [0.5, 0.6) is 0 Å². The van der Waals surface area contributed by atoms with Crippen molar-refractivity contribution in [2.24, 2.45) is 11.1 Å². The summed E-state index contributed by atoms with van der Waals surface area (Å²) in [5.74, 6) is 0.255. The van der Waals surface area contributed by atoms with Crippen LogP contribution in [0.1, 0.15) is 76.5 Å². The molecule has 212 valence electrons. The van der Waals surface area contributed by atoms with Crippen molar-refractivity contribution in [3.63, 3.8) is 0 Å². The summed E-state index contributed by atoms with van der Waals surface area (Å²) in [7, 11) is -8.58. The highest BCUT2D eigenvalue weighted by Crippen LogP contribution is 2.42. The molecule has 7 nitrogen and oxygen atoms in total. The summed E-state index contributed by atoms with van der Waals surface area (Å²) in [6.07, 6.45) is 2.07. The lowest BCUT2D eigenvalue weighted by atomic mass is 9.89. The number of hydrogen-bond donors (Lipinski definition) is 1. The van der Waals surface area contributed by atoms with E-state index < -0.39 is 42.2 Å². The van der Waals surface area contributed by atoms with Crippen LogP contribution in [-0.4, -0.2) is 37.8 Å². The molecule has 0 bridgehead atoms. The Balaban J connectivity index is 1.87. The maximum atomic E-state index is 14.4. The molecule has 1 aromatic heterocycles. The molecule has 12 heteroatoms. The zero-order valence-corrected chi connectivity index (χ0v) is 23.6. The first-order valence-corrected chi connectivity index (χ1v) is 16.0. The molecule has 1 aliphatic carbocycles. The lowest BCUT2D eigenvalue weighted by molar-refractivity contribution is -0.139. The van der Waals surface area contributed by atoms with Crippen LogP contribution in [0.3, 0.4) is 0 Å². The van der Waals surface area contributed by atoms with E-state index in [1.54, 1.807) is 25.3 Å². The van der Waals surface area contributed by atoms with E-state index in [2.05, 4.69) is 0 Å². The van der Waals surface area contributed by atoms with E-state index in [0.717, 1.165) is 50.7 Å². The third kappa shape index (κ3) is 5.68. The predicted molar refractivity (Wildman–Crippen MR) is 139 cm³/mol. The Morgan fingerprint density at radius 2 is 1.63 bits per heavy atom. The second kappa shape index (κ2) is 10.3. The third-order valence-electron chi connectivity index (χ3n) is 8.02. The largest absolute Gasteiger partial charge is 0.417 e. The molecule has 0 atom stereocenters. The van der Waals surface area contributed by atoms with Gasteiger partial charge in [-0.3, -0.25) is 0 Å². The van der Waals surface area contributed by atoms with Gasteiger partial charge >= 0.3 is 6.18 Å². The number of halogens is 3. The Hall–Kier alpha value is -1.89. The first-order chi connectivity index (χ1) is 17.5. The van der Waals surface area contributed by atoms with Gasteiger partial charge in [0.15, 0.2) is 0 Å². The van der Waals surface area contributed by atoms with Crippen molar-refractivity contribution in [1.82, 2.24) is 8.87 Å². The Labute approximate surface area is 223 Å². The number of nitrogens with zero attached hydrogens (tertiary/aromatic N) is 2. The Morgan fingerprint density at radius 1 is 0.974 bits per heavy atom. The van der Waals surface area contributed by atoms with E-state index in [-0.39, 0.29) is 28.6 Å². The zero-order chi connectivity index (χ0) is 28.1. The van der Waals surface area contributed by atoms with Gasteiger partial charge in [0.05, 0.1) is 10.5 Å². The summed E-state index contributed by atoms with van der Waals surface area (Å²) in [6, 6.07) is 4.45. The minimum atomic E-state index is -4.95. The van der Waals surface area contributed by atoms with Crippen molar-refractivity contribution in [2.45, 2.75) is 100 Å². The number of rotatable bonds is 6. The summed E-state index contributed by atoms with van der Waals surface area (Å²) in [5, 5.41) is 5.43. The number of primary sulfonamides is 1. The average molecular weight is 576 g/mol. The molecule has 2 N–H and O–H groups in total. The minimum Gasteiger partial charge on any atom is -0.343 e. The second-order valence-electron chi connectivity index (χ2n) is 11.2. The first-order valence-electron chi connectivity index (χ1n) is 13.0. The molecule has 0 unspecified atom stereocenters. The minimum absolute atomic E-state index is 0.0861. The number of nitrogens with two attached hydrogens (primary N) is 1. The van der Waals surface area contributed by atoms with Crippen molar-refractivity contribution >= 4 is 20.0 Å². The number of alkyl halides is 3. The van der Waals surface area contributed by atoms with Gasteiger partial charge in [-0.1, -0.05) is 31.7 Å². The quantitative estimate of drug-likeness (QED) is 0.480. The Bertz CT molecular complexity index is 1410. The van der Waals surface area contributed by atoms with Gasteiger partial charge in [0.1, 0.15) is 4.90 Å². The van der Waals surface area contributed by atoms with Crippen LogP contribution >= 0.6 is 0 Å². The molecule has 1 saturated heterocycles. The molecule has 2 aliphatic rings. The van der Waals surface area contributed by atoms with Crippen molar-refractivity contribution in [3.05, 3.63) is 35.5 Å². The van der Waals surface area contributed by atoms with E-state index in [1.165, 1.54) is 16.4 Å². The SMILES string of the molecule is Cc1c(S(N)(=O)=O)cc(-c2ccc(S(=O)(=O)N3CCCCC3(C)C)c(C(F)(F)F)c2)n1CC1CCCCC1. The van der Waals surface area contributed by atoms with Crippen LogP contribution in [0.4, 0.5) is 13.2 Å². The first kappa shape index (κ1) is 29.1. The van der Waals surface area contributed by atoms with Gasteiger partial charge in [-0.15, -0.1) is 0 Å². The molecular weight excluding hydrogens is 539 g/mol. The summed E-state index contributed by atoms with van der Waals surface area (Å²) >= 11 is 0. The van der Waals surface area contributed by atoms with Crippen molar-refractivity contribution in [1.29, 1.82) is 0 Å². The zero-order valence-electron chi connectivity index (χ0n) is 22.0. The van der Waals surface area contributed by atoms with Gasteiger partial charge in [-0.2, -0.15) is 17.5 Å². The summed E-state index contributed by atoms with van der Waals surface area (Å²) in [5.41, 5.74) is -1.37. The number of hydrogen-bond acceptors (Lipinski definition) is 4. The molecule has 1 aliphatic heterocycles. The molecule has 0 amide bonds. The van der Waals surface area contributed by atoms with E-state index in [0.29, 0.717) is 25.1 Å². The molecule has 2 heterocycles. The van der Waals surface area contributed by atoms with Crippen LogP contribution in [0, 0.1) is 12.8 Å². The normalized spacial score (nSPS) is 20.1. The fraction of sp³-hybridized carbons (Fsp3) is 0.615. The fourth-order valence-corrected chi connectivity index (χ4v) is 8.79. The average Bonchev–Trinajstić information content (AvgIpc) is 3.14. The van der Waals surface area contributed by atoms with E-state index in [4.69, 9.17) is 5.14 Å². The van der Waals surface area contributed by atoms with Crippen molar-refractivity contribution in [3.8, 4) is 11.3 Å². The molecular formula is C26H36F3N3O4S2. The summed E-state index contributed by atoms with van der Waals surface area (Å²) in [4.78, 5) is -0.943. The molecule has 4 rings (SSSR count). The molecule has 2 fully saturated rings. The summed E-state index contributed by atoms with van der Waals surface area (Å²) in [6.45, 7) is 5.63. The fourth-order valence-electron chi connectivity index (χ4n) is 5.95. The molecule has 0 spiro atoms. The number of piperidine rings is 1. The molecule has 38 heavy (non-hydrogen) atoms. The van der Waals surface area contributed by atoms with E-state index >= 15 is 0 Å². The van der Waals surface area contributed by atoms with Gasteiger partial charge in [-0.25, -0.2) is 22.0 Å². The van der Waals surface area contributed by atoms with Gasteiger partial charge in [0.25, 0.3) is 0 Å². The maximum Gasteiger partial charge on any atom is 0.417 e. The molecule has 0 radical (unpaired) electrons. The van der Waals surface area contributed by atoms with Crippen molar-refractivity contribution in [2.75, 3.05) is 6.54 Å². The van der Waals surface area contributed by atoms with Gasteiger partial charge < -0.3 is 4.57 Å². The van der Waals surface area contributed by atoms with Gasteiger partial charge in [0, 0.05) is 30.0 Å². The van der Waals surface area contributed by atoms with Crippen LogP contribution in [0.2, 0.25) is 0 Å². The standard InChI is InChI=1S/C26H36F3N3O4S2/c1-18-24(37(30,33)34)16-22(31(18)17-19-9-5-4-6-10-19)20-11-12-23(21(15-20)26(27,28)29)38(35,36)32-14-8-7-13-25(32,2)3/h11-12,15-16,19H,4-10,13-14,17H2,1-3H3,(H2,30,33,34). The van der Waals surface area contributed by atoms with E-state index in [1.807, 2.05) is 0 Å². The lowest BCUT2D eigenvalue weighted by Gasteiger charge is -2.41. The van der Waals surface area contributed by atoms with Crippen molar-refractivity contribution < 1.29 is 30.0 Å². The van der Waals surface area contributed by atoms with Gasteiger partial charge in [0.2, 0.25) is 20.0 Å². The highest BCUT2D eigenvalue weighted by molar-refractivity contribution is 7.89.